The van der Waals surface area contributed by atoms with Gasteiger partial charge in [-0.2, -0.15) is 0 Å². The molecule has 0 saturated carbocycles. The van der Waals surface area contributed by atoms with Crippen LogP contribution in [0.2, 0.25) is 0 Å². The number of benzene rings is 2. The molecule has 0 aliphatic rings. The molecule has 146 valence electrons. The Balaban J connectivity index is 1.86. The van der Waals surface area contributed by atoms with Gasteiger partial charge in [0.2, 0.25) is 0 Å². The van der Waals surface area contributed by atoms with Gasteiger partial charge < -0.3 is 9.84 Å². The molecule has 1 aromatic heterocycles. The highest BCUT2D eigenvalue weighted by molar-refractivity contribution is 9.10. The smallest absolute Gasteiger partial charge is 0.257 e. The Bertz CT molecular complexity index is 967. The number of carbonyl (C=O) groups is 1. The minimum atomic E-state index is -0.191. The fourth-order valence-electron chi connectivity index (χ4n) is 3.06. The maximum absolute atomic E-state index is 13.0. The van der Waals surface area contributed by atoms with Gasteiger partial charge >= 0.3 is 0 Å². The highest BCUT2D eigenvalue weighted by Crippen LogP contribution is 2.30. The molecule has 1 N–H and O–H groups in total. The molecule has 1 atom stereocenters. The second-order valence-electron chi connectivity index (χ2n) is 8.05. The molecule has 0 fully saturated rings. The van der Waals surface area contributed by atoms with E-state index in [1.165, 1.54) is 5.56 Å². The van der Waals surface area contributed by atoms with Crippen molar-refractivity contribution in [2.45, 2.75) is 46.1 Å². The van der Waals surface area contributed by atoms with Crippen LogP contribution < -0.4 is 5.32 Å². The van der Waals surface area contributed by atoms with Crippen molar-refractivity contribution in [2.75, 3.05) is 0 Å². The van der Waals surface area contributed by atoms with Crippen LogP contribution in [0.15, 0.2) is 57.5 Å². The standard InChI is InChI=1S/C23H25BrN2O2/c1-14(16-8-12-19(24)13-9-16)25-22(27)20-15(2)26-28-21(20)17-6-10-18(11-7-17)23(3,4)5/h6-14H,1-5H3,(H,25,27)/t14-/m1/s1. The van der Waals surface area contributed by atoms with Crippen molar-refractivity contribution in [3.05, 3.63) is 75.4 Å². The van der Waals surface area contributed by atoms with Crippen LogP contribution in [0.3, 0.4) is 0 Å². The van der Waals surface area contributed by atoms with E-state index in [0.717, 1.165) is 15.6 Å². The summed E-state index contributed by atoms with van der Waals surface area (Å²) in [4.78, 5) is 13.0. The molecule has 0 bridgehead atoms. The summed E-state index contributed by atoms with van der Waals surface area (Å²) in [5.74, 6) is 0.308. The number of carbonyl (C=O) groups excluding carboxylic acids is 1. The lowest BCUT2D eigenvalue weighted by Crippen LogP contribution is -2.27. The molecule has 0 aliphatic carbocycles. The summed E-state index contributed by atoms with van der Waals surface area (Å²) in [7, 11) is 0. The highest BCUT2D eigenvalue weighted by Gasteiger charge is 2.24. The number of nitrogens with zero attached hydrogens (tertiary/aromatic N) is 1. The molecular weight excluding hydrogens is 416 g/mol. The van der Waals surface area contributed by atoms with Crippen LogP contribution in [0.5, 0.6) is 0 Å². The van der Waals surface area contributed by atoms with Gasteiger partial charge in [-0.05, 0) is 42.5 Å². The Morgan fingerprint density at radius 1 is 1.07 bits per heavy atom. The van der Waals surface area contributed by atoms with E-state index in [2.05, 4.69) is 59.3 Å². The summed E-state index contributed by atoms with van der Waals surface area (Å²) in [6.07, 6.45) is 0. The van der Waals surface area contributed by atoms with Crippen LogP contribution in [0.25, 0.3) is 11.3 Å². The van der Waals surface area contributed by atoms with Crippen LogP contribution in [0, 0.1) is 6.92 Å². The monoisotopic (exact) mass is 440 g/mol. The molecule has 0 radical (unpaired) electrons. The number of halogens is 1. The van der Waals surface area contributed by atoms with E-state index in [-0.39, 0.29) is 17.4 Å². The maximum atomic E-state index is 13.0. The first-order valence-electron chi connectivity index (χ1n) is 9.30. The Morgan fingerprint density at radius 2 is 1.68 bits per heavy atom. The average molecular weight is 441 g/mol. The molecule has 0 unspecified atom stereocenters. The predicted octanol–water partition coefficient (Wildman–Crippen LogP) is 6.20. The van der Waals surface area contributed by atoms with E-state index in [9.17, 15) is 4.79 Å². The Morgan fingerprint density at radius 3 is 2.25 bits per heavy atom. The molecule has 3 rings (SSSR count). The van der Waals surface area contributed by atoms with Crippen molar-refractivity contribution in [2.24, 2.45) is 0 Å². The average Bonchev–Trinajstić information content (AvgIpc) is 3.03. The fourth-order valence-corrected chi connectivity index (χ4v) is 3.32. The zero-order valence-corrected chi connectivity index (χ0v) is 18.4. The largest absolute Gasteiger partial charge is 0.355 e. The second kappa shape index (κ2) is 7.92. The van der Waals surface area contributed by atoms with Gasteiger partial charge in [-0.15, -0.1) is 0 Å². The molecule has 5 heteroatoms. The zero-order chi connectivity index (χ0) is 20.5. The first-order valence-corrected chi connectivity index (χ1v) is 10.1. The Kier molecular flexibility index (Phi) is 5.75. The molecule has 28 heavy (non-hydrogen) atoms. The van der Waals surface area contributed by atoms with Crippen LogP contribution in [-0.4, -0.2) is 11.1 Å². The lowest BCUT2D eigenvalue weighted by Gasteiger charge is -2.19. The van der Waals surface area contributed by atoms with Crippen molar-refractivity contribution >= 4 is 21.8 Å². The van der Waals surface area contributed by atoms with E-state index in [1.807, 2.05) is 43.3 Å². The van der Waals surface area contributed by atoms with Crippen molar-refractivity contribution in [1.29, 1.82) is 0 Å². The zero-order valence-electron chi connectivity index (χ0n) is 16.8. The third-order valence-electron chi connectivity index (χ3n) is 4.82. The predicted molar refractivity (Wildman–Crippen MR) is 115 cm³/mol. The second-order valence-corrected chi connectivity index (χ2v) is 8.96. The van der Waals surface area contributed by atoms with E-state index in [0.29, 0.717) is 17.0 Å². The molecule has 0 saturated heterocycles. The molecular formula is C23H25BrN2O2. The summed E-state index contributed by atoms with van der Waals surface area (Å²) >= 11 is 3.43. The van der Waals surface area contributed by atoms with Crippen LogP contribution >= 0.6 is 15.9 Å². The van der Waals surface area contributed by atoms with Gasteiger partial charge in [0.15, 0.2) is 5.76 Å². The number of hydrogen-bond acceptors (Lipinski definition) is 3. The third-order valence-corrected chi connectivity index (χ3v) is 5.35. The Hall–Kier alpha value is -2.40. The van der Waals surface area contributed by atoms with Crippen LogP contribution in [0.4, 0.5) is 0 Å². The minimum absolute atomic E-state index is 0.0657. The van der Waals surface area contributed by atoms with Gasteiger partial charge in [0, 0.05) is 10.0 Å². The first kappa shape index (κ1) is 20.3. The molecule has 4 nitrogen and oxygen atoms in total. The first-order chi connectivity index (χ1) is 13.2. The fraction of sp³-hybridized carbons (Fsp3) is 0.304. The summed E-state index contributed by atoms with van der Waals surface area (Å²) < 4.78 is 6.52. The summed E-state index contributed by atoms with van der Waals surface area (Å²) in [6, 6.07) is 15.9. The van der Waals surface area contributed by atoms with E-state index in [1.54, 1.807) is 6.92 Å². The number of amides is 1. The van der Waals surface area contributed by atoms with E-state index in [4.69, 9.17) is 4.52 Å². The van der Waals surface area contributed by atoms with Crippen LogP contribution in [0.1, 0.15) is 60.9 Å². The number of aryl methyl sites for hydroxylation is 1. The lowest BCUT2D eigenvalue weighted by atomic mass is 9.86. The Labute approximate surface area is 174 Å². The number of nitrogens with one attached hydrogen (secondary N) is 1. The van der Waals surface area contributed by atoms with Gasteiger partial charge in [-0.3, -0.25) is 4.79 Å². The quantitative estimate of drug-likeness (QED) is 0.525. The minimum Gasteiger partial charge on any atom is -0.355 e. The molecule has 0 spiro atoms. The summed E-state index contributed by atoms with van der Waals surface area (Å²) in [5.41, 5.74) is 4.22. The van der Waals surface area contributed by atoms with Gasteiger partial charge in [0.05, 0.1) is 11.7 Å². The van der Waals surface area contributed by atoms with Crippen LogP contribution in [-0.2, 0) is 5.41 Å². The van der Waals surface area contributed by atoms with Crippen molar-refractivity contribution in [3.63, 3.8) is 0 Å². The molecule has 1 heterocycles. The maximum Gasteiger partial charge on any atom is 0.257 e. The third kappa shape index (κ3) is 4.36. The topological polar surface area (TPSA) is 55.1 Å². The van der Waals surface area contributed by atoms with E-state index >= 15 is 0 Å². The molecule has 3 aromatic rings. The molecule has 2 aromatic carbocycles. The van der Waals surface area contributed by atoms with Crippen molar-refractivity contribution in [3.8, 4) is 11.3 Å². The van der Waals surface area contributed by atoms with Gasteiger partial charge in [-0.25, -0.2) is 0 Å². The van der Waals surface area contributed by atoms with Gasteiger partial charge in [0.1, 0.15) is 5.56 Å². The van der Waals surface area contributed by atoms with Crippen molar-refractivity contribution in [1.82, 2.24) is 10.5 Å². The molecule has 0 aliphatic heterocycles. The SMILES string of the molecule is Cc1noc(-c2ccc(C(C)(C)C)cc2)c1C(=O)N[C@H](C)c1ccc(Br)cc1. The highest BCUT2D eigenvalue weighted by atomic mass is 79.9. The number of rotatable bonds is 4. The summed E-state index contributed by atoms with van der Waals surface area (Å²) in [6.45, 7) is 10.3. The lowest BCUT2D eigenvalue weighted by molar-refractivity contribution is 0.0939. The van der Waals surface area contributed by atoms with Crippen molar-refractivity contribution < 1.29 is 9.32 Å². The summed E-state index contributed by atoms with van der Waals surface area (Å²) in [5, 5.41) is 7.09. The molecule has 1 amide bonds. The normalized spacial score (nSPS) is 12.6. The van der Waals surface area contributed by atoms with E-state index < -0.39 is 0 Å². The number of hydrogen-bond donors (Lipinski definition) is 1. The van der Waals surface area contributed by atoms with Gasteiger partial charge in [0.25, 0.3) is 5.91 Å². The number of aromatic nitrogens is 1. The van der Waals surface area contributed by atoms with Gasteiger partial charge in [-0.1, -0.05) is 78.3 Å².